The highest BCUT2D eigenvalue weighted by molar-refractivity contribution is 9.10. The van der Waals surface area contributed by atoms with Crippen LogP contribution in [0.5, 0.6) is 0 Å². The number of aromatic nitrogens is 5. The van der Waals surface area contributed by atoms with E-state index in [2.05, 4.69) is 64.3 Å². The molecule has 36 heavy (non-hydrogen) atoms. The number of fused-ring (bicyclic) bond motifs is 1. The maximum absolute atomic E-state index is 13.1. The standard InChI is InChI=1S/C26H22BrN7O2/c27-18-12-13-20(19(15-18)25-31-33-34-32-25)30-26(36)22-14-17-9-5-10-21(24(17)29-22)28-23(35)11-4-8-16-6-2-1-3-7-16/h1-3,5-7,9-10,12-15,29H,4,8,11H2,(H,28,35)(H,30,36)(H,31,32,33,34). The van der Waals surface area contributed by atoms with Crippen LogP contribution in [0.3, 0.4) is 0 Å². The SMILES string of the molecule is O=C(CCCc1ccccc1)Nc1cccc2cc(C(=O)Nc3ccc(Br)cc3-c3nn[nH]n3)[nH]c12. The van der Waals surface area contributed by atoms with Gasteiger partial charge in [0.15, 0.2) is 0 Å². The topological polar surface area (TPSA) is 128 Å². The minimum absolute atomic E-state index is 0.0707. The number of carbonyl (C=O) groups excluding carboxylic acids is 2. The quantitative estimate of drug-likeness (QED) is 0.210. The van der Waals surface area contributed by atoms with Crippen LogP contribution < -0.4 is 10.6 Å². The Labute approximate surface area is 214 Å². The summed E-state index contributed by atoms with van der Waals surface area (Å²) >= 11 is 3.43. The second kappa shape index (κ2) is 10.5. The number of halogens is 1. The number of nitrogens with one attached hydrogen (secondary N) is 4. The molecule has 0 saturated carbocycles. The van der Waals surface area contributed by atoms with E-state index in [4.69, 9.17) is 0 Å². The molecule has 0 atom stereocenters. The summed E-state index contributed by atoms with van der Waals surface area (Å²) in [7, 11) is 0. The number of nitrogens with zero attached hydrogens (tertiary/aromatic N) is 3. The number of aromatic amines is 2. The predicted molar refractivity (Wildman–Crippen MR) is 142 cm³/mol. The van der Waals surface area contributed by atoms with Crippen LogP contribution in [0.15, 0.2) is 77.3 Å². The number of aryl methyl sites for hydroxylation is 1. The molecule has 0 aliphatic heterocycles. The molecule has 0 saturated heterocycles. The van der Waals surface area contributed by atoms with Gasteiger partial charge in [0.1, 0.15) is 5.69 Å². The van der Waals surface area contributed by atoms with Crippen molar-refractivity contribution in [2.75, 3.05) is 10.6 Å². The highest BCUT2D eigenvalue weighted by Crippen LogP contribution is 2.29. The molecule has 0 aliphatic carbocycles. The van der Waals surface area contributed by atoms with Gasteiger partial charge in [0, 0.05) is 21.8 Å². The van der Waals surface area contributed by atoms with E-state index in [1.807, 2.05) is 42.5 Å². The Morgan fingerprint density at radius 1 is 0.917 bits per heavy atom. The van der Waals surface area contributed by atoms with Crippen LogP contribution in [0.4, 0.5) is 11.4 Å². The van der Waals surface area contributed by atoms with Gasteiger partial charge in [-0.25, -0.2) is 0 Å². The predicted octanol–water partition coefficient (Wildman–Crippen LogP) is 5.32. The van der Waals surface area contributed by atoms with Crippen molar-refractivity contribution in [1.82, 2.24) is 25.6 Å². The van der Waals surface area contributed by atoms with Gasteiger partial charge < -0.3 is 15.6 Å². The Balaban J connectivity index is 1.29. The number of benzene rings is 3. The highest BCUT2D eigenvalue weighted by Gasteiger charge is 2.17. The van der Waals surface area contributed by atoms with Gasteiger partial charge in [-0.2, -0.15) is 5.21 Å². The van der Waals surface area contributed by atoms with Gasteiger partial charge in [0.2, 0.25) is 11.7 Å². The Bertz CT molecular complexity index is 1510. The molecular weight excluding hydrogens is 522 g/mol. The van der Waals surface area contributed by atoms with Crippen LogP contribution in [0.2, 0.25) is 0 Å². The summed E-state index contributed by atoms with van der Waals surface area (Å²) in [5.74, 6) is -0.0439. The fourth-order valence-corrected chi connectivity index (χ4v) is 4.33. The highest BCUT2D eigenvalue weighted by atomic mass is 79.9. The van der Waals surface area contributed by atoms with Crippen LogP contribution >= 0.6 is 15.9 Å². The lowest BCUT2D eigenvalue weighted by Gasteiger charge is -2.09. The van der Waals surface area contributed by atoms with Crippen LogP contribution in [-0.2, 0) is 11.2 Å². The first-order valence-corrected chi connectivity index (χ1v) is 12.2. The van der Waals surface area contributed by atoms with Crippen molar-refractivity contribution in [3.8, 4) is 11.4 Å². The monoisotopic (exact) mass is 543 g/mol. The fourth-order valence-electron chi connectivity index (χ4n) is 3.97. The van der Waals surface area contributed by atoms with Gasteiger partial charge in [-0.3, -0.25) is 9.59 Å². The number of carbonyl (C=O) groups is 2. The van der Waals surface area contributed by atoms with Crippen molar-refractivity contribution in [3.05, 3.63) is 88.5 Å². The van der Waals surface area contributed by atoms with E-state index < -0.39 is 0 Å². The molecule has 9 nitrogen and oxygen atoms in total. The molecule has 5 aromatic rings. The number of hydrogen-bond acceptors (Lipinski definition) is 5. The van der Waals surface area contributed by atoms with Crippen LogP contribution in [-0.4, -0.2) is 37.4 Å². The zero-order valence-electron chi connectivity index (χ0n) is 19.1. The van der Waals surface area contributed by atoms with Crippen LogP contribution in [0.1, 0.15) is 28.9 Å². The van der Waals surface area contributed by atoms with Crippen molar-refractivity contribution in [3.63, 3.8) is 0 Å². The van der Waals surface area contributed by atoms with E-state index >= 15 is 0 Å². The first-order chi connectivity index (χ1) is 17.6. The van der Waals surface area contributed by atoms with Crippen LogP contribution in [0, 0.1) is 0 Å². The summed E-state index contributed by atoms with van der Waals surface area (Å²) < 4.78 is 0.815. The second-order valence-electron chi connectivity index (χ2n) is 8.22. The maximum Gasteiger partial charge on any atom is 0.272 e. The van der Waals surface area contributed by atoms with E-state index in [0.717, 1.165) is 22.7 Å². The molecule has 0 bridgehead atoms. The molecule has 3 aromatic carbocycles. The van der Waals surface area contributed by atoms with Crippen molar-refractivity contribution in [1.29, 1.82) is 0 Å². The summed E-state index contributed by atoms with van der Waals surface area (Å²) in [4.78, 5) is 28.8. The molecule has 180 valence electrons. The van der Waals surface area contributed by atoms with Crippen molar-refractivity contribution < 1.29 is 9.59 Å². The summed E-state index contributed by atoms with van der Waals surface area (Å²) in [6, 6.07) is 22.8. The molecule has 0 radical (unpaired) electrons. The van der Waals surface area contributed by atoms with Crippen molar-refractivity contribution in [2.45, 2.75) is 19.3 Å². The summed E-state index contributed by atoms with van der Waals surface area (Å²) in [6.45, 7) is 0. The molecule has 2 heterocycles. The van der Waals surface area contributed by atoms with Gasteiger partial charge in [-0.05, 0) is 54.0 Å². The van der Waals surface area contributed by atoms with E-state index in [1.54, 1.807) is 18.2 Å². The van der Waals surface area contributed by atoms with Gasteiger partial charge >= 0.3 is 0 Å². The Hall–Kier alpha value is -4.31. The van der Waals surface area contributed by atoms with Crippen LogP contribution in [0.25, 0.3) is 22.3 Å². The molecule has 0 unspecified atom stereocenters. The average Bonchev–Trinajstić information content (AvgIpc) is 3.57. The smallest absolute Gasteiger partial charge is 0.272 e. The minimum Gasteiger partial charge on any atom is -0.349 e. The second-order valence-corrected chi connectivity index (χ2v) is 9.14. The summed E-state index contributed by atoms with van der Waals surface area (Å²) in [6.07, 6.45) is 2.00. The zero-order chi connectivity index (χ0) is 24.9. The van der Waals surface area contributed by atoms with Gasteiger partial charge in [0.05, 0.1) is 16.9 Å². The van der Waals surface area contributed by atoms with Gasteiger partial charge in [0.25, 0.3) is 5.91 Å². The molecule has 10 heteroatoms. The fraction of sp³-hybridized carbons (Fsp3) is 0.115. The number of anilines is 2. The third kappa shape index (κ3) is 5.33. The molecule has 0 aliphatic rings. The summed E-state index contributed by atoms with van der Waals surface area (Å²) in [5.41, 5.74) is 4.04. The Morgan fingerprint density at radius 2 is 1.78 bits per heavy atom. The van der Waals surface area contributed by atoms with E-state index in [9.17, 15) is 9.59 Å². The van der Waals surface area contributed by atoms with Crippen molar-refractivity contribution in [2.24, 2.45) is 0 Å². The van der Waals surface area contributed by atoms with E-state index in [0.29, 0.717) is 40.4 Å². The molecular formula is C26H22BrN7O2. The van der Waals surface area contributed by atoms with E-state index in [-0.39, 0.29) is 11.8 Å². The number of tetrazole rings is 1. The minimum atomic E-state index is -0.335. The molecule has 5 rings (SSSR count). The molecule has 2 amide bonds. The lowest BCUT2D eigenvalue weighted by Crippen LogP contribution is -2.13. The Kier molecular flexibility index (Phi) is 6.85. The average molecular weight is 544 g/mol. The Morgan fingerprint density at radius 3 is 2.58 bits per heavy atom. The molecule has 2 aromatic heterocycles. The number of H-pyrrole nitrogens is 2. The number of hydrogen-bond donors (Lipinski definition) is 4. The largest absolute Gasteiger partial charge is 0.349 e. The third-order valence-corrected chi connectivity index (χ3v) is 6.20. The first-order valence-electron chi connectivity index (χ1n) is 11.4. The summed E-state index contributed by atoms with van der Waals surface area (Å²) in [5, 5.41) is 20.7. The van der Waals surface area contributed by atoms with Gasteiger partial charge in [-0.1, -0.05) is 58.4 Å². The normalized spacial score (nSPS) is 10.9. The maximum atomic E-state index is 13.1. The third-order valence-electron chi connectivity index (χ3n) is 5.70. The lowest BCUT2D eigenvalue weighted by molar-refractivity contribution is -0.116. The molecule has 4 N–H and O–H groups in total. The first kappa shape index (κ1) is 23.4. The van der Waals surface area contributed by atoms with Crippen molar-refractivity contribution >= 4 is 50.0 Å². The number of para-hydroxylation sites is 1. The van der Waals surface area contributed by atoms with E-state index in [1.165, 1.54) is 5.56 Å². The molecule has 0 fully saturated rings. The number of rotatable bonds is 8. The molecule has 0 spiro atoms. The zero-order valence-corrected chi connectivity index (χ0v) is 20.7. The number of amides is 2. The van der Waals surface area contributed by atoms with Gasteiger partial charge in [-0.15, -0.1) is 10.2 Å². The lowest BCUT2D eigenvalue weighted by atomic mass is 10.1.